The molecule has 3 heteroatoms. The zero-order valence-electron chi connectivity index (χ0n) is 11.9. The van der Waals surface area contributed by atoms with Crippen molar-refractivity contribution in [3.63, 3.8) is 0 Å². The van der Waals surface area contributed by atoms with Crippen molar-refractivity contribution >= 4 is 11.3 Å². The van der Waals surface area contributed by atoms with Crippen molar-refractivity contribution in [3.05, 3.63) is 21.9 Å². The molecule has 2 nitrogen and oxygen atoms in total. The van der Waals surface area contributed by atoms with Gasteiger partial charge in [0.15, 0.2) is 0 Å². The highest BCUT2D eigenvalue weighted by atomic mass is 32.1. The number of thiophene rings is 1. The van der Waals surface area contributed by atoms with Gasteiger partial charge in [-0.2, -0.15) is 0 Å². The molecule has 1 aliphatic rings. The van der Waals surface area contributed by atoms with E-state index in [0.717, 1.165) is 23.3 Å². The Kier molecular flexibility index (Phi) is 5.45. The van der Waals surface area contributed by atoms with Gasteiger partial charge in [-0.15, -0.1) is 11.3 Å². The number of nitrogens with zero attached hydrogens (tertiary/aromatic N) is 1. The molecule has 0 bridgehead atoms. The minimum absolute atomic E-state index is 0.0596. The van der Waals surface area contributed by atoms with Crippen molar-refractivity contribution in [2.45, 2.75) is 33.2 Å². The highest BCUT2D eigenvalue weighted by Gasteiger charge is 2.21. The number of hydrogen-bond acceptors (Lipinski definition) is 3. The third-order valence-electron chi connectivity index (χ3n) is 3.91. The van der Waals surface area contributed by atoms with E-state index in [2.05, 4.69) is 42.7 Å². The predicted molar refractivity (Wildman–Crippen MR) is 81.1 cm³/mol. The molecule has 0 amide bonds. The number of aliphatic hydroxyl groups excluding tert-OH is 1. The van der Waals surface area contributed by atoms with Gasteiger partial charge in [0, 0.05) is 11.4 Å². The second kappa shape index (κ2) is 7.09. The van der Waals surface area contributed by atoms with Gasteiger partial charge in [0.05, 0.1) is 4.88 Å². The number of rotatable bonds is 3. The van der Waals surface area contributed by atoms with Gasteiger partial charge < -0.3 is 5.11 Å². The van der Waals surface area contributed by atoms with Gasteiger partial charge in [-0.1, -0.05) is 25.7 Å². The minimum atomic E-state index is -0.0596. The van der Waals surface area contributed by atoms with Gasteiger partial charge in [0.2, 0.25) is 0 Å². The van der Waals surface area contributed by atoms with E-state index in [1.807, 2.05) is 0 Å². The Morgan fingerprint density at radius 2 is 2.11 bits per heavy atom. The Hall–Kier alpha value is -0.820. The average molecular weight is 277 g/mol. The zero-order valence-corrected chi connectivity index (χ0v) is 12.7. The first-order chi connectivity index (χ1) is 9.19. The van der Waals surface area contributed by atoms with E-state index in [4.69, 9.17) is 5.11 Å². The average Bonchev–Trinajstić information content (AvgIpc) is 2.84. The van der Waals surface area contributed by atoms with Crippen molar-refractivity contribution < 1.29 is 5.11 Å². The summed E-state index contributed by atoms with van der Waals surface area (Å²) in [6.45, 7) is 8.11. The Morgan fingerprint density at radius 1 is 1.37 bits per heavy atom. The molecule has 1 aromatic rings. The number of likely N-dealkylation sites (tertiary alicyclic amines) is 1. The van der Waals surface area contributed by atoms with E-state index in [1.165, 1.54) is 30.8 Å². The molecule has 0 atom stereocenters. The molecule has 0 aromatic carbocycles. The number of piperidine rings is 1. The molecule has 0 saturated carbocycles. The summed E-state index contributed by atoms with van der Waals surface area (Å²) in [5.41, 5.74) is 0. The maximum atomic E-state index is 8.69. The van der Waals surface area contributed by atoms with Crippen LogP contribution in [0, 0.1) is 23.7 Å². The van der Waals surface area contributed by atoms with Crippen LogP contribution in [0.15, 0.2) is 12.1 Å². The smallest absolute Gasteiger partial charge is 0.104 e. The molecule has 104 valence electrons. The Bertz CT molecular complexity index is 447. The summed E-state index contributed by atoms with van der Waals surface area (Å²) in [6.07, 6.45) is 2.67. The molecular weight excluding hydrogens is 254 g/mol. The van der Waals surface area contributed by atoms with Crippen LogP contribution >= 0.6 is 11.3 Å². The van der Waals surface area contributed by atoms with Gasteiger partial charge in [-0.3, -0.25) is 4.90 Å². The largest absolute Gasteiger partial charge is 0.384 e. The van der Waals surface area contributed by atoms with E-state index >= 15 is 0 Å². The molecule has 1 saturated heterocycles. The van der Waals surface area contributed by atoms with Crippen LogP contribution in [0.1, 0.15) is 36.4 Å². The van der Waals surface area contributed by atoms with E-state index < -0.39 is 0 Å². The normalized spacial score (nSPS) is 17.5. The van der Waals surface area contributed by atoms with Crippen LogP contribution in [0.25, 0.3) is 0 Å². The lowest BCUT2D eigenvalue weighted by atomic mass is 9.87. The van der Waals surface area contributed by atoms with Gasteiger partial charge in [-0.05, 0) is 49.9 Å². The molecule has 1 aromatic heterocycles. The molecule has 0 aliphatic carbocycles. The fourth-order valence-electron chi connectivity index (χ4n) is 2.65. The lowest BCUT2D eigenvalue weighted by Gasteiger charge is -2.33. The van der Waals surface area contributed by atoms with E-state index in [0.29, 0.717) is 0 Å². The topological polar surface area (TPSA) is 23.5 Å². The van der Waals surface area contributed by atoms with E-state index in [-0.39, 0.29) is 6.61 Å². The zero-order chi connectivity index (χ0) is 13.7. The van der Waals surface area contributed by atoms with Crippen LogP contribution in [-0.2, 0) is 6.54 Å². The molecule has 0 radical (unpaired) electrons. The number of hydrogen-bond donors (Lipinski definition) is 1. The predicted octanol–water partition coefficient (Wildman–Crippen LogP) is 2.96. The molecule has 2 rings (SSSR count). The lowest BCUT2D eigenvalue weighted by Crippen LogP contribution is -2.34. The van der Waals surface area contributed by atoms with Crippen molar-refractivity contribution in [1.82, 2.24) is 4.90 Å². The summed E-state index contributed by atoms with van der Waals surface area (Å²) in [4.78, 5) is 4.99. The Labute approximate surface area is 120 Å². The highest BCUT2D eigenvalue weighted by Crippen LogP contribution is 2.26. The Balaban J connectivity index is 1.84. The van der Waals surface area contributed by atoms with E-state index in [1.54, 1.807) is 11.3 Å². The molecule has 1 N–H and O–H groups in total. The maximum Gasteiger partial charge on any atom is 0.104 e. The first kappa shape index (κ1) is 14.6. The number of aliphatic hydroxyl groups is 1. The quantitative estimate of drug-likeness (QED) is 0.859. The second-order valence-electron chi connectivity index (χ2n) is 5.58. The van der Waals surface area contributed by atoms with Crippen LogP contribution < -0.4 is 0 Å². The van der Waals surface area contributed by atoms with Crippen LogP contribution in [0.2, 0.25) is 0 Å². The first-order valence-corrected chi connectivity index (χ1v) is 7.91. The Morgan fingerprint density at radius 3 is 2.74 bits per heavy atom. The van der Waals surface area contributed by atoms with Crippen LogP contribution in [0.4, 0.5) is 0 Å². The van der Waals surface area contributed by atoms with Crippen molar-refractivity contribution in [2.75, 3.05) is 19.7 Å². The standard InChI is InChI=1S/C16H23NOS/c1-13(2)14-7-9-17(10-8-14)12-16-6-5-15(19-16)4-3-11-18/h5-6,13-14,18H,7-12H2,1-2H3. The summed E-state index contributed by atoms with van der Waals surface area (Å²) >= 11 is 1.75. The molecule has 0 spiro atoms. The molecular formula is C16H23NOS. The fourth-order valence-corrected chi connectivity index (χ4v) is 3.58. The van der Waals surface area contributed by atoms with Gasteiger partial charge >= 0.3 is 0 Å². The first-order valence-electron chi connectivity index (χ1n) is 7.10. The second-order valence-corrected chi connectivity index (χ2v) is 6.75. The molecule has 19 heavy (non-hydrogen) atoms. The third kappa shape index (κ3) is 4.35. The lowest BCUT2D eigenvalue weighted by molar-refractivity contribution is 0.153. The minimum Gasteiger partial charge on any atom is -0.384 e. The van der Waals surface area contributed by atoms with Gasteiger partial charge in [0.1, 0.15) is 6.61 Å². The van der Waals surface area contributed by atoms with Gasteiger partial charge in [-0.25, -0.2) is 0 Å². The molecule has 2 heterocycles. The molecule has 1 aliphatic heterocycles. The summed E-state index contributed by atoms with van der Waals surface area (Å²) in [7, 11) is 0. The monoisotopic (exact) mass is 277 g/mol. The van der Waals surface area contributed by atoms with Crippen LogP contribution in [0.5, 0.6) is 0 Å². The SMILES string of the molecule is CC(C)C1CCN(Cc2ccc(C#CCO)s2)CC1. The van der Waals surface area contributed by atoms with Gasteiger partial charge in [0.25, 0.3) is 0 Å². The highest BCUT2D eigenvalue weighted by molar-refractivity contribution is 7.12. The van der Waals surface area contributed by atoms with E-state index in [9.17, 15) is 0 Å². The summed E-state index contributed by atoms with van der Waals surface area (Å²) in [6, 6.07) is 4.23. The maximum absolute atomic E-state index is 8.69. The van der Waals surface area contributed by atoms with Crippen molar-refractivity contribution in [3.8, 4) is 11.8 Å². The summed E-state index contributed by atoms with van der Waals surface area (Å²) < 4.78 is 0. The molecule has 0 unspecified atom stereocenters. The molecule has 1 fully saturated rings. The van der Waals surface area contributed by atoms with Crippen LogP contribution in [-0.4, -0.2) is 29.7 Å². The third-order valence-corrected chi connectivity index (χ3v) is 4.89. The van der Waals surface area contributed by atoms with Crippen molar-refractivity contribution in [1.29, 1.82) is 0 Å². The summed E-state index contributed by atoms with van der Waals surface area (Å²) in [5, 5.41) is 8.69. The summed E-state index contributed by atoms with van der Waals surface area (Å²) in [5.74, 6) is 7.41. The van der Waals surface area contributed by atoms with Crippen molar-refractivity contribution in [2.24, 2.45) is 11.8 Å². The van der Waals surface area contributed by atoms with Crippen LogP contribution in [0.3, 0.4) is 0 Å². The fraction of sp³-hybridized carbons (Fsp3) is 0.625.